The molecule has 0 aliphatic carbocycles. The van der Waals surface area contributed by atoms with Crippen LogP contribution in [0.25, 0.3) is 0 Å². The van der Waals surface area contributed by atoms with Crippen molar-refractivity contribution in [1.29, 1.82) is 0 Å². The zero-order valence-electron chi connectivity index (χ0n) is 14.8. The van der Waals surface area contributed by atoms with Crippen molar-refractivity contribution in [2.75, 3.05) is 32.7 Å². The number of aliphatic hydroxyl groups is 1. The molecular formula is C17H35N3O2. The maximum absolute atomic E-state index is 11.9. The number of rotatable bonds is 8. The zero-order chi connectivity index (χ0) is 16.6. The van der Waals surface area contributed by atoms with Gasteiger partial charge in [-0.25, -0.2) is 4.79 Å². The molecule has 3 N–H and O–H groups in total. The average molecular weight is 313 g/mol. The lowest BCUT2D eigenvalue weighted by Gasteiger charge is -2.32. The van der Waals surface area contributed by atoms with Crippen LogP contribution in [0.5, 0.6) is 0 Å². The lowest BCUT2D eigenvalue weighted by molar-refractivity contribution is 0.00787. The smallest absolute Gasteiger partial charge is 0.314 e. The van der Waals surface area contributed by atoms with E-state index in [0.717, 1.165) is 38.9 Å². The van der Waals surface area contributed by atoms with Crippen LogP contribution < -0.4 is 10.6 Å². The highest BCUT2D eigenvalue weighted by molar-refractivity contribution is 5.73. The summed E-state index contributed by atoms with van der Waals surface area (Å²) in [5, 5.41) is 16.0. The summed E-state index contributed by atoms with van der Waals surface area (Å²) < 4.78 is 0. The van der Waals surface area contributed by atoms with Crippen LogP contribution in [0.2, 0.25) is 0 Å². The molecule has 5 heteroatoms. The van der Waals surface area contributed by atoms with E-state index in [1.54, 1.807) is 6.92 Å². The van der Waals surface area contributed by atoms with Crippen molar-refractivity contribution in [1.82, 2.24) is 15.5 Å². The Morgan fingerprint density at radius 3 is 2.50 bits per heavy atom. The molecule has 2 atom stereocenters. The molecule has 22 heavy (non-hydrogen) atoms. The molecule has 1 fully saturated rings. The van der Waals surface area contributed by atoms with E-state index >= 15 is 0 Å². The minimum atomic E-state index is -0.850. The van der Waals surface area contributed by atoms with E-state index in [9.17, 15) is 9.90 Å². The van der Waals surface area contributed by atoms with Crippen molar-refractivity contribution in [3.05, 3.63) is 0 Å². The Bertz CT molecular complexity index is 326. The van der Waals surface area contributed by atoms with Crippen LogP contribution >= 0.6 is 0 Å². The fourth-order valence-electron chi connectivity index (χ4n) is 2.90. The van der Waals surface area contributed by atoms with Crippen molar-refractivity contribution in [3.8, 4) is 0 Å². The van der Waals surface area contributed by atoms with Gasteiger partial charge in [0.2, 0.25) is 0 Å². The van der Waals surface area contributed by atoms with E-state index in [2.05, 4.69) is 22.5 Å². The van der Waals surface area contributed by atoms with Crippen LogP contribution in [0, 0.1) is 11.8 Å². The van der Waals surface area contributed by atoms with E-state index < -0.39 is 5.60 Å². The number of hydrogen-bond acceptors (Lipinski definition) is 3. The number of carbonyl (C=O) groups is 1. The van der Waals surface area contributed by atoms with Gasteiger partial charge in [0.25, 0.3) is 0 Å². The number of nitrogens with zero attached hydrogens (tertiary/aromatic N) is 1. The number of urea groups is 1. The molecule has 0 radical (unpaired) electrons. The number of nitrogens with one attached hydrogen (secondary N) is 2. The van der Waals surface area contributed by atoms with Gasteiger partial charge in [0, 0.05) is 13.1 Å². The standard InChI is InChI=1S/C17H35N3O2/c1-5-9-20-10-7-15(8-11-20)12-18-16(21)19-13-17(4,22)14(3)6-2/h14-15,22H,5-13H2,1-4H3,(H2,18,19,21). The van der Waals surface area contributed by atoms with Gasteiger partial charge in [-0.3, -0.25) is 0 Å². The Hall–Kier alpha value is -0.810. The first-order chi connectivity index (χ1) is 10.4. The van der Waals surface area contributed by atoms with E-state index in [0.29, 0.717) is 12.5 Å². The molecule has 130 valence electrons. The average Bonchev–Trinajstić information content (AvgIpc) is 2.51. The molecule has 1 rings (SSSR count). The molecule has 5 nitrogen and oxygen atoms in total. The first kappa shape index (κ1) is 19.2. The summed E-state index contributed by atoms with van der Waals surface area (Å²) in [6.07, 6.45) is 4.42. The Balaban J connectivity index is 2.19. The monoisotopic (exact) mass is 313 g/mol. The molecule has 2 amide bonds. The van der Waals surface area contributed by atoms with Crippen LogP contribution in [-0.4, -0.2) is 54.4 Å². The molecule has 0 saturated carbocycles. The number of hydrogen-bond donors (Lipinski definition) is 3. The Morgan fingerprint density at radius 2 is 1.95 bits per heavy atom. The molecule has 0 aromatic rings. The second kappa shape index (κ2) is 9.36. The molecule has 1 aliphatic rings. The SMILES string of the molecule is CCCN1CCC(CNC(=O)NCC(C)(O)C(C)CC)CC1. The number of amides is 2. The zero-order valence-corrected chi connectivity index (χ0v) is 14.8. The molecule has 1 aliphatic heterocycles. The number of likely N-dealkylation sites (tertiary alicyclic amines) is 1. The second-order valence-corrected chi connectivity index (χ2v) is 7.02. The third-order valence-electron chi connectivity index (χ3n) is 5.08. The van der Waals surface area contributed by atoms with Crippen molar-refractivity contribution in [3.63, 3.8) is 0 Å². The first-order valence-corrected chi connectivity index (χ1v) is 8.85. The highest BCUT2D eigenvalue weighted by Gasteiger charge is 2.27. The highest BCUT2D eigenvalue weighted by Crippen LogP contribution is 2.19. The minimum absolute atomic E-state index is 0.163. The third-order valence-corrected chi connectivity index (χ3v) is 5.08. The maximum Gasteiger partial charge on any atom is 0.314 e. The first-order valence-electron chi connectivity index (χ1n) is 8.85. The minimum Gasteiger partial charge on any atom is -0.388 e. The summed E-state index contributed by atoms with van der Waals surface area (Å²) >= 11 is 0. The molecule has 0 spiro atoms. The molecule has 0 bridgehead atoms. The Morgan fingerprint density at radius 1 is 1.32 bits per heavy atom. The van der Waals surface area contributed by atoms with E-state index in [-0.39, 0.29) is 11.9 Å². The van der Waals surface area contributed by atoms with E-state index in [1.807, 2.05) is 13.8 Å². The molecule has 1 saturated heterocycles. The Labute approximate surface area is 135 Å². The predicted octanol–water partition coefficient (Wildman–Crippen LogP) is 2.20. The molecule has 2 unspecified atom stereocenters. The summed E-state index contributed by atoms with van der Waals surface area (Å²) in [6, 6.07) is -0.167. The number of carbonyl (C=O) groups excluding carboxylic acids is 1. The fraction of sp³-hybridized carbons (Fsp3) is 0.941. The van der Waals surface area contributed by atoms with Gasteiger partial charge < -0.3 is 20.6 Å². The molecule has 0 aromatic carbocycles. The second-order valence-electron chi connectivity index (χ2n) is 7.02. The van der Waals surface area contributed by atoms with Crippen LogP contribution in [0.1, 0.15) is 53.4 Å². The van der Waals surface area contributed by atoms with Crippen molar-refractivity contribution in [2.45, 2.75) is 59.0 Å². The van der Waals surface area contributed by atoms with Gasteiger partial charge in [-0.2, -0.15) is 0 Å². The van der Waals surface area contributed by atoms with Crippen molar-refractivity contribution < 1.29 is 9.90 Å². The summed E-state index contributed by atoms with van der Waals surface area (Å²) in [6.45, 7) is 12.5. The lowest BCUT2D eigenvalue weighted by atomic mass is 9.89. The largest absolute Gasteiger partial charge is 0.388 e. The van der Waals surface area contributed by atoms with Gasteiger partial charge in [-0.05, 0) is 57.7 Å². The van der Waals surface area contributed by atoms with Crippen LogP contribution in [0.4, 0.5) is 4.79 Å². The third kappa shape index (κ3) is 6.53. The van der Waals surface area contributed by atoms with Crippen molar-refractivity contribution >= 4 is 6.03 Å². The van der Waals surface area contributed by atoms with Crippen LogP contribution in [-0.2, 0) is 0 Å². The summed E-state index contributed by atoms with van der Waals surface area (Å²) in [5.74, 6) is 0.740. The van der Waals surface area contributed by atoms with Gasteiger partial charge in [0.1, 0.15) is 0 Å². The predicted molar refractivity (Wildman–Crippen MR) is 90.9 cm³/mol. The number of piperidine rings is 1. The van der Waals surface area contributed by atoms with Crippen LogP contribution in [0.15, 0.2) is 0 Å². The van der Waals surface area contributed by atoms with Gasteiger partial charge in [-0.1, -0.05) is 27.2 Å². The normalized spacial score (nSPS) is 21.1. The van der Waals surface area contributed by atoms with Gasteiger partial charge in [0.15, 0.2) is 0 Å². The van der Waals surface area contributed by atoms with E-state index in [4.69, 9.17) is 0 Å². The van der Waals surface area contributed by atoms with E-state index in [1.165, 1.54) is 13.0 Å². The van der Waals surface area contributed by atoms with Gasteiger partial charge in [0.05, 0.1) is 5.60 Å². The quantitative estimate of drug-likeness (QED) is 0.644. The summed E-state index contributed by atoms with van der Waals surface area (Å²) in [4.78, 5) is 14.4. The molecular weight excluding hydrogens is 278 g/mol. The van der Waals surface area contributed by atoms with Gasteiger partial charge in [-0.15, -0.1) is 0 Å². The van der Waals surface area contributed by atoms with Crippen LogP contribution in [0.3, 0.4) is 0 Å². The molecule has 1 heterocycles. The maximum atomic E-state index is 11.9. The summed E-state index contributed by atoms with van der Waals surface area (Å²) in [5.41, 5.74) is -0.850. The fourth-order valence-corrected chi connectivity index (χ4v) is 2.90. The topological polar surface area (TPSA) is 64.6 Å². The molecule has 0 aromatic heterocycles. The Kier molecular flexibility index (Phi) is 8.18. The summed E-state index contributed by atoms with van der Waals surface area (Å²) in [7, 11) is 0. The van der Waals surface area contributed by atoms with Gasteiger partial charge >= 0.3 is 6.03 Å². The lowest BCUT2D eigenvalue weighted by Crippen LogP contribution is -2.49. The highest BCUT2D eigenvalue weighted by atomic mass is 16.3. The van der Waals surface area contributed by atoms with Crippen molar-refractivity contribution in [2.24, 2.45) is 11.8 Å².